The molecule has 8 nitrogen and oxygen atoms in total. The number of nitrogens with one attached hydrogen (secondary N) is 2. The van der Waals surface area contributed by atoms with Crippen LogP contribution < -0.4 is 10.6 Å². The Kier molecular flexibility index (Phi) is 9.93. The Hall–Kier alpha value is -1.46. The summed E-state index contributed by atoms with van der Waals surface area (Å²) in [5.74, 6) is 1.88. The van der Waals surface area contributed by atoms with Gasteiger partial charge in [-0.15, -0.1) is 34.2 Å². The van der Waals surface area contributed by atoms with Crippen molar-refractivity contribution in [1.82, 2.24) is 30.1 Å². The molecule has 0 radical (unpaired) electrons. The lowest BCUT2D eigenvalue weighted by Gasteiger charge is -2.32. The lowest BCUT2D eigenvalue weighted by Crippen LogP contribution is -2.49. The topological polar surface area (TPSA) is 79.1 Å². The molecule has 0 spiro atoms. The Labute approximate surface area is 184 Å². The number of ether oxygens (including phenoxy) is 1. The van der Waals surface area contributed by atoms with E-state index in [1.165, 1.54) is 0 Å². The van der Waals surface area contributed by atoms with E-state index in [2.05, 4.69) is 30.7 Å². The Morgan fingerprint density at radius 3 is 2.86 bits per heavy atom. The molecule has 2 aromatic heterocycles. The van der Waals surface area contributed by atoms with E-state index in [1.807, 2.05) is 35.8 Å². The molecule has 0 saturated carbocycles. The van der Waals surface area contributed by atoms with Gasteiger partial charge < -0.3 is 20.3 Å². The second-order valence-corrected chi connectivity index (χ2v) is 6.90. The first-order valence-corrected chi connectivity index (χ1v) is 9.77. The molecule has 28 heavy (non-hydrogen) atoms. The van der Waals surface area contributed by atoms with Gasteiger partial charge in [-0.1, -0.05) is 6.07 Å². The fraction of sp³-hybridized carbons (Fsp3) is 0.632. The minimum Gasteiger partial charge on any atom is -0.383 e. The Morgan fingerprint density at radius 2 is 2.11 bits per heavy atom. The van der Waals surface area contributed by atoms with E-state index in [9.17, 15) is 0 Å². The summed E-state index contributed by atoms with van der Waals surface area (Å²) in [6, 6.07) is 6.44. The maximum Gasteiger partial charge on any atom is 0.191 e. The molecule has 0 aromatic carbocycles. The molecule has 1 fully saturated rings. The summed E-state index contributed by atoms with van der Waals surface area (Å²) < 4.78 is 7.21. The van der Waals surface area contributed by atoms with Gasteiger partial charge in [0.25, 0.3) is 0 Å². The first kappa shape index (κ1) is 22.8. The van der Waals surface area contributed by atoms with Crippen LogP contribution in [0.4, 0.5) is 0 Å². The van der Waals surface area contributed by atoms with Gasteiger partial charge in [-0.25, -0.2) is 0 Å². The number of fused-ring (bicyclic) bond motifs is 1. The van der Waals surface area contributed by atoms with E-state index < -0.39 is 0 Å². The van der Waals surface area contributed by atoms with Crippen molar-refractivity contribution in [2.45, 2.75) is 31.7 Å². The van der Waals surface area contributed by atoms with Crippen LogP contribution in [0, 0.1) is 0 Å². The summed E-state index contributed by atoms with van der Waals surface area (Å²) >= 11 is 0. The van der Waals surface area contributed by atoms with Crippen molar-refractivity contribution in [2.24, 2.45) is 4.99 Å². The van der Waals surface area contributed by atoms with Gasteiger partial charge >= 0.3 is 0 Å². The summed E-state index contributed by atoms with van der Waals surface area (Å²) in [4.78, 5) is 6.82. The summed E-state index contributed by atoms with van der Waals surface area (Å²) in [5, 5.41) is 15.4. The molecule has 3 rings (SSSR count). The van der Waals surface area contributed by atoms with E-state index in [0.717, 1.165) is 75.9 Å². The van der Waals surface area contributed by atoms with Crippen LogP contribution in [0.25, 0.3) is 5.65 Å². The van der Waals surface area contributed by atoms with Crippen LogP contribution in [0.3, 0.4) is 0 Å². The molecular weight excluding hydrogens is 469 g/mol. The predicted molar refractivity (Wildman–Crippen MR) is 123 cm³/mol. The van der Waals surface area contributed by atoms with Crippen molar-refractivity contribution in [3.8, 4) is 0 Å². The van der Waals surface area contributed by atoms with Gasteiger partial charge in [0.15, 0.2) is 11.6 Å². The van der Waals surface area contributed by atoms with Crippen LogP contribution >= 0.6 is 24.0 Å². The van der Waals surface area contributed by atoms with Crippen LogP contribution in [0.2, 0.25) is 0 Å². The zero-order valence-corrected chi connectivity index (χ0v) is 19.1. The summed E-state index contributed by atoms with van der Waals surface area (Å²) in [6.07, 6.45) is 6.14. The van der Waals surface area contributed by atoms with Gasteiger partial charge in [0.05, 0.1) is 6.61 Å². The van der Waals surface area contributed by atoms with Crippen molar-refractivity contribution in [3.63, 3.8) is 0 Å². The number of guanidine groups is 1. The van der Waals surface area contributed by atoms with Crippen LogP contribution in [0.1, 0.15) is 25.1 Å². The molecule has 0 aliphatic carbocycles. The number of halogens is 1. The summed E-state index contributed by atoms with van der Waals surface area (Å²) in [7, 11) is 3.59. The standard InChI is InChI=1S/C19H31N7O.HI/c1-20-19(22-16-8-12-25(13-9-16)14-15-27-2)21-10-5-7-18-24-23-17-6-3-4-11-26(17)18;/h3-4,6,11,16H,5,7-10,12-15H2,1-2H3,(H2,20,21,22);1H. The van der Waals surface area contributed by atoms with Crippen LogP contribution in [0.5, 0.6) is 0 Å². The maximum atomic E-state index is 5.16. The number of hydrogen-bond donors (Lipinski definition) is 2. The molecule has 2 aromatic rings. The van der Waals surface area contributed by atoms with Crippen molar-refractivity contribution < 1.29 is 4.74 Å². The SMILES string of the molecule is CN=C(NCCCc1nnc2ccccn12)NC1CCN(CCOC)CC1.I. The molecule has 1 aliphatic heterocycles. The van der Waals surface area contributed by atoms with Crippen LogP contribution in [-0.2, 0) is 11.2 Å². The lowest BCUT2D eigenvalue weighted by molar-refractivity contribution is 0.128. The van der Waals surface area contributed by atoms with E-state index in [1.54, 1.807) is 7.11 Å². The average Bonchev–Trinajstić information content (AvgIpc) is 3.13. The molecule has 9 heteroatoms. The monoisotopic (exact) mass is 501 g/mol. The Morgan fingerprint density at radius 1 is 1.29 bits per heavy atom. The highest BCUT2D eigenvalue weighted by Crippen LogP contribution is 2.10. The minimum atomic E-state index is 0. The molecular formula is C19H32IN7O. The third kappa shape index (κ3) is 6.56. The molecule has 1 saturated heterocycles. The highest BCUT2D eigenvalue weighted by molar-refractivity contribution is 14.0. The zero-order chi connectivity index (χ0) is 18.9. The molecule has 2 N–H and O–H groups in total. The van der Waals surface area contributed by atoms with Gasteiger partial charge in [0.1, 0.15) is 5.82 Å². The van der Waals surface area contributed by atoms with E-state index in [-0.39, 0.29) is 24.0 Å². The third-order valence-corrected chi connectivity index (χ3v) is 5.02. The summed E-state index contributed by atoms with van der Waals surface area (Å²) in [5.41, 5.74) is 0.898. The average molecular weight is 501 g/mol. The number of aliphatic imine (C=N–C) groups is 1. The summed E-state index contributed by atoms with van der Waals surface area (Å²) in [6.45, 7) is 4.90. The van der Waals surface area contributed by atoms with Crippen LogP contribution in [0.15, 0.2) is 29.4 Å². The molecule has 0 bridgehead atoms. The van der Waals surface area contributed by atoms with E-state index in [4.69, 9.17) is 4.74 Å². The molecule has 0 atom stereocenters. The third-order valence-electron chi connectivity index (χ3n) is 5.02. The molecule has 1 aliphatic rings. The second-order valence-electron chi connectivity index (χ2n) is 6.90. The Bertz CT molecular complexity index is 728. The van der Waals surface area contributed by atoms with Crippen molar-refractivity contribution in [3.05, 3.63) is 30.2 Å². The number of rotatable bonds is 8. The molecule has 156 valence electrons. The lowest BCUT2D eigenvalue weighted by atomic mass is 10.1. The van der Waals surface area contributed by atoms with E-state index >= 15 is 0 Å². The predicted octanol–water partition coefficient (Wildman–Crippen LogP) is 1.56. The van der Waals surface area contributed by atoms with Gasteiger partial charge in [-0.2, -0.15) is 0 Å². The quantitative estimate of drug-likeness (QED) is 0.248. The number of likely N-dealkylation sites (tertiary alicyclic amines) is 1. The molecule has 0 amide bonds. The number of pyridine rings is 1. The molecule has 0 unspecified atom stereocenters. The van der Waals surface area contributed by atoms with Crippen molar-refractivity contribution in [2.75, 3.05) is 46.9 Å². The highest BCUT2D eigenvalue weighted by Gasteiger charge is 2.19. The smallest absolute Gasteiger partial charge is 0.191 e. The van der Waals surface area contributed by atoms with Crippen molar-refractivity contribution >= 4 is 35.6 Å². The molecule has 3 heterocycles. The van der Waals surface area contributed by atoms with E-state index in [0.29, 0.717) is 6.04 Å². The fourth-order valence-corrected chi connectivity index (χ4v) is 3.42. The fourth-order valence-electron chi connectivity index (χ4n) is 3.42. The van der Waals surface area contributed by atoms with Crippen molar-refractivity contribution in [1.29, 1.82) is 0 Å². The number of piperidine rings is 1. The first-order chi connectivity index (χ1) is 13.3. The number of aryl methyl sites for hydroxylation is 1. The van der Waals surface area contributed by atoms with Gasteiger partial charge in [0.2, 0.25) is 0 Å². The normalized spacial score (nSPS) is 16.1. The highest BCUT2D eigenvalue weighted by atomic mass is 127. The minimum absolute atomic E-state index is 0. The van der Waals surface area contributed by atoms with Crippen LogP contribution in [-0.4, -0.2) is 78.4 Å². The first-order valence-electron chi connectivity index (χ1n) is 9.77. The second kappa shape index (κ2) is 12.2. The maximum absolute atomic E-state index is 5.16. The largest absolute Gasteiger partial charge is 0.383 e. The number of aromatic nitrogens is 3. The number of hydrogen-bond acceptors (Lipinski definition) is 5. The zero-order valence-electron chi connectivity index (χ0n) is 16.8. The number of methoxy groups -OCH3 is 1. The van der Waals surface area contributed by atoms with Gasteiger partial charge in [-0.3, -0.25) is 9.39 Å². The number of nitrogens with zero attached hydrogens (tertiary/aromatic N) is 5. The van der Waals surface area contributed by atoms with Gasteiger partial charge in [-0.05, 0) is 31.4 Å². The Balaban J connectivity index is 0.00000280. The van der Waals surface area contributed by atoms with Gasteiger partial charge in [0, 0.05) is 59.0 Å².